The fourth-order valence-corrected chi connectivity index (χ4v) is 3.96. The van der Waals surface area contributed by atoms with Gasteiger partial charge >= 0.3 is 5.69 Å². The lowest BCUT2D eigenvalue weighted by Crippen LogP contribution is -2.52. The Balaban J connectivity index is 1.41. The number of H-pyrrole nitrogens is 1. The van der Waals surface area contributed by atoms with Gasteiger partial charge in [-0.1, -0.05) is 0 Å². The van der Waals surface area contributed by atoms with Crippen LogP contribution in [-0.4, -0.2) is 59.8 Å². The Labute approximate surface area is 152 Å². The second-order valence-corrected chi connectivity index (χ2v) is 7.00. The number of piperazine rings is 1. The van der Waals surface area contributed by atoms with E-state index >= 15 is 0 Å². The molecule has 7 nitrogen and oxygen atoms in total. The third-order valence-corrected chi connectivity index (χ3v) is 5.46. The Bertz CT molecular complexity index is 843. The highest BCUT2D eigenvalue weighted by molar-refractivity contribution is 5.51. The fourth-order valence-electron chi connectivity index (χ4n) is 3.96. The third-order valence-electron chi connectivity index (χ3n) is 5.46. The maximum atomic E-state index is 11.9. The Morgan fingerprint density at radius 1 is 0.846 bits per heavy atom. The van der Waals surface area contributed by atoms with Crippen LogP contribution in [-0.2, 0) is 0 Å². The van der Waals surface area contributed by atoms with Gasteiger partial charge in [-0.2, -0.15) is 0 Å². The highest BCUT2D eigenvalue weighted by atomic mass is 16.2. The molecule has 26 heavy (non-hydrogen) atoms. The largest absolute Gasteiger partial charge is 0.369 e. The van der Waals surface area contributed by atoms with Gasteiger partial charge in [-0.25, -0.2) is 4.79 Å². The molecule has 138 valence electrons. The van der Waals surface area contributed by atoms with E-state index in [1.165, 1.54) is 35.4 Å². The first kappa shape index (κ1) is 17.1. The molecule has 2 aromatic rings. The second kappa shape index (κ2) is 7.47. The summed E-state index contributed by atoms with van der Waals surface area (Å²) in [6.07, 6.45) is 4.01. The topological polar surface area (TPSA) is 73.4 Å². The zero-order valence-corrected chi connectivity index (χ0v) is 14.9. The van der Waals surface area contributed by atoms with Crippen molar-refractivity contribution < 1.29 is 0 Å². The van der Waals surface area contributed by atoms with Crippen LogP contribution in [0.15, 0.2) is 46.1 Å². The summed E-state index contributed by atoms with van der Waals surface area (Å²) in [5.41, 5.74) is 1.13. The Hall–Kier alpha value is -2.38. The summed E-state index contributed by atoms with van der Waals surface area (Å²) in [5, 5.41) is 3.43. The van der Waals surface area contributed by atoms with Crippen LogP contribution in [0.4, 0.5) is 5.69 Å². The molecule has 2 saturated heterocycles. The standard InChI is InChI=1S/C19H25N5O2/c25-18-7-10-24(19(26)21-18)17-3-1-15(2-4-17)22-11-13-23(14-12-22)16-5-8-20-9-6-16/h1-4,7,10,16,20H,5-6,8-9,11-14H2,(H,21,25,26). The molecule has 2 N–H and O–H groups in total. The van der Waals surface area contributed by atoms with Gasteiger partial charge in [0.05, 0.1) is 5.69 Å². The van der Waals surface area contributed by atoms with Crippen molar-refractivity contribution in [3.63, 3.8) is 0 Å². The summed E-state index contributed by atoms with van der Waals surface area (Å²) in [6.45, 7) is 6.54. The quantitative estimate of drug-likeness (QED) is 0.834. The van der Waals surface area contributed by atoms with Gasteiger partial charge in [-0.3, -0.25) is 19.2 Å². The molecule has 2 fully saturated rings. The van der Waals surface area contributed by atoms with Gasteiger partial charge in [0.15, 0.2) is 0 Å². The number of rotatable bonds is 3. The van der Waals surface area contributed by atoms with Gasteiger partial charge in [-0.15, -0.1) is 0 Å². The lowest BCUT2D eigenvalue weighted by molar-refractivity contribution is 0.153. The van der Waals surface area contributed by atoms with E-state index < -0.39 is 5.69 Å². The summed E-state index contributed by atoms with van der Waals surface area (Å²) < 4.78 is 1.44. The van der Waals surface area contributed by atoms with Gasteiger partial charge in [0.2, 0.25) is 0 Å². The van der Waals surface area contributed by atoms with E-state index in [9.17, 15) is 9.59 Å². The van der Waals surface area contributed by atoms with Gasteiger partial charge in [-0.05, 0) is 50.2 Å². The summed E-state index contributed by atoms with van der Waals surface area (Å²) in [5.74, 6) is 0. The second-order valence-electron chi connectivity index (χ2n) is 7.00. The molecule has 1 aromatic heterocycles. The number of benzene rings is 1. The van der Waals surface area contributed by atoms with Crippen molar-refractivity contribution in [3.05, 3.63) is 57.4 Å². The first-order valence-electron chi connectivity index (χ1n) is 9.33. The minimum Gasteiger partial charge on any atom is -0.369 e. The summed E-state index contributed by atoms with van der Waals surface area (Å²) >= 11 is 0. The van der Waals surface area contributed by atoms with E-state index in [1.807, 2.05) is 24.3 Å². The molecular formula is C19H25N5O2. The molecule has 0 bridgehead atoms. The van der Waals surface area contributed by atoms with Gasteiger partial charge in [0.25, 0.3) is 5.56 Å². The van der Waals surface area contributed by atoms with Crippen LogP contribution < -0.4 is 21.5 Å². The van der Waals surface area contributed by atoms with E-state index in [0.717, 1.165) is 51.0 Å². The lowest BCUT2D eigenvalue weighted by Gasteiger charge is -2.41. The van der Waals surface area contributed by atoms with E-state index in [0.29, 0.717) is 0 Å². The number of hydrogen-bond acceptors (Lipinski definition) is 5. The van der Waals surface area contributed by atoms with E-state index in [4.69, 9.17) is 0 Å². The molecule has 2 aliphatic rings. The first-order valence-corrected chi connectivity index (χ1v) is 9.33. The van der Waals surface area contributed by atoms with Gasteiger partial charge in [0.1, 0.15) is 0 Å². The smallest absolute Gasteiger partial charge is 0.332 e. The minimum atomic E-state index is -0.416. The molecule has 1 aromatic carbocycles. The van der Waals surface area contributed by atoms with Crippen LogP contribution in [0.5, 0.6) is 0 Å². The van der Waals surface area contributed by atoms with Crippen molar-refractivity contribution in [2.75, 3.05) is 44.2 Å². The third kappa shape index (κ3) is 3.59. The first-order chi connectivity index (χ1) is 12.7. The fraction of sp³-hybridized carbons (Fsp3) is 0.474. The predicted molar refractivity (Wildman–Crippen MR) is 102 cm³/mol. The van der Waals surface area contributed by atoms with E-state index in [1.54, 1.807) is 0 Å². The molecule has 0 unspecified atom stereocenters. The molecule has 0 radical (unpaired) electrons. The SMILES string of the molecule is O=c1ccn(-c2ccc(N3CCN(C4CCNCC4)CC3)cc2)c(=O)[nH]1. The van der Waals surface area contributed by atoms with Crippen LogP contribution in [0, 0.1) is 0 Å². The average molecular weight is 355 g/mol. The molecule has 0 saturated carbocycles. The Morgan fingerprint density at radius 3 is 2.15 bits per heavy atom. The number of nitrogens with one attached hydrogen (secondary N) is 2. The molecule has 2 aliphatic heterocycles. The zero-order valence-electron chi connectivity index (χ0n) is 14.9. The molecule has 0 amide bonds. The highest BCUT2D eigenvalue weighted by Crippen LogP contribution is 2.21. The van der Waals surface area contributed by atoms with Crippen LogP contribution >= 0.6 is 0 Å². The number of nitrogens with zero attached hydrogens (tertiary/aromatic N) is 3. The van der Waals surface area contributed by atoms with Crippen molar-refractivity contribution >= 4 is 5.69 Å². The number of aromatic nitrogens is 2. The Kier molecular flexibility index (Phi) is 4.90. The van der Waals surface area contributed by atoms with Gasteiger partial charge in [0, 0.05) is 50.2 Å². The number of hydrogen-bond donors (Lipinski definition) is 2. The van der Waals surface area contributed by atoms with Crippen LogP contribution in [0.1, 0.15) is 12.8 Å². The summed E-state index contributed by atoms with van der Waals surface area (Å²) in [6, 6.07) is 10.0. The van der Waals surface area contributed by atoms with Crippen molar-refractivity contribution in [1.29, 1.82) is 0 Å². The molecular weight excluding hydrogens is 330 g/mol. The molecule has 3 heterocycles. The Morgan fingerprint density at radius 2 is 1.50 bits per heavy atom. The monoisotopic (exact) mass is 355 g/mol. The molecule has 0 spiro atoms. The van der Waals surface area contributed by atoms with Crippen LogP contribution in [0.3, 0.4) is 0 Å². The summed E-state index contributed by atoms with van der Waals surface area (Å²) in [7, 11) is 0. The van der Waals surface area contributed by atoms with E-state index in [2.05, 4.69) is 20.1 Å². The zero-order chi connectivity index (χ0) is 17.9. The predicted octanol–water partition coefficient (Wildman–Crippen LogP) is 0.400. The molecule has 0 aliphatic carbocycles. The van der Waals surface area contributed by atoms with Crippen molar-refractivity contribution in [2.24, 2.45) is 0 Å². The maximum absolute atomic E-state index is 11.9. The minimum absolute atomic E-state index is 0.380. The van der Waals surface area contributed by atoms with E-state index in [-0.39, 0.29) is 5.56 Å². The number of anilines is 1. The normalized spacial score (nSPS) is 19.6. The van der Waals surface area contributed by atoms with Crippen molar-refractivity contribution in [2.45, 2.75) is 18.9 Å². The summed E-state index contributed by atoms with van der Waals surface area (Å²) in [4.78, 5) is 30.4. The van der Waals surface area contributed by atoms with Crippen LogP contribution in [0.2, 0.25) is 0 Å². The van der Waals surface area contributed by atoms with Gasteiger partial charge < -0.3 is 10.2 Å². The molecule has 0 atom stereocenters. The van der Waals surface area contributed by atoms with Crippen LogP contribution in [0.25, 0.3) is 5.69 Å². The lowest BCUT2D eigenvalue weighted by atomic mass is 10.0. The highest BCUT2D eigenvalue weighted by Gasteiger charge is 2.25. The number of piperidine rings is 1. The maximum Gasteiger partial charge on any atom is 0.332 e. The van der Waals surface area contributed by atoms with Crippen molar-refractivity contribution in [3.8, 4) is 5.69 Å². The number of aromatic amines is 1. The molecule has 7 heteroatoms. The van der Waals surface area contributed by atoms with Crippen molar-refractivity contribution in [1.82, 2.24) is 19.8 Å². The average Bonchev–Trinajstić information content (AvgIpc) is 2.69. The molecule has 4 rings (SSSR count).